The second kappa shape index (κ2) is 8.17. The Labute approximate surface area is 204 Å². The molecule has 3 aliphatic rings. The Morgan fingerprint density at radius 3 is 2.71 bits per heavy atom. The van der Waals surface area contributed by atoms with E-state index in [4.69, 9.17) is 4.74 Å². The number of benzene rings is 1. The Morgan fingerprint density at radius 1 is 1.14 bits per heavy atom. The summed E-state index contributed by atoms with van der Waals surface area (Å²) in [7, 11) is 0. The third kappa shape index (κ3) is 3.90. The summed E-state index contributed by atoms with van der Waals surface area (Å²) in [5.41, 5.74) is 3.10. The number of aromatic nitrogens is 2. The fraction of sp³-hybridized carbons (Fsp3) is 0.444. The van der Waals surface area contributed by atoms with Crippen LogP contribution in [0.2, 0.25) is 0 Å². The number of carbonyl (C=O) groups excluding carboxylic acids is 1. The minimum Gasteiger partial charge on any atom is -0.491 e. The van der Waals surface area contributed by atoms with Gasteiger partial charge in [0.15, 0.2) is 5.82 Å². The Balaban J connectivity index is 1.06. The number of likely N-dealkylation sites (tertiary alicyclic amines) is 1. The standard InChI is InChI=1S/C27H31N5O3/c1-18-3-4-22-21(13-18)27(25(33)30-22)6-9-31(10-7-27)11-12-35-20-14-19-5-8-28-24(23(19)29-15-20)32-16-26(2,34)17-32/h3-5,8,13-15,34H,6-7,9-12,16-17H2,1-2H3,(H,30,33). The molecule has 1 amide bonds. The number of anilines is 2. The third-order valence-corrected chi connectivity index (χ3v) is 7.68. The summed E-state index contributed by atoms with van der Waals surface area (Å²) in [6, 6.07) is 10.2. The molecule has 0 bridgehead atoms. The zero-order valence-corrected chi connectivity index (χ0v) is 20.3. The zero-order valence-electron chi connectivity index (χ0n) is 20.3. The summed E-state index contributed by atoms with van der Waals surface area (Å²) in [6.07, 6.45) is 5.18. The van der Waals surface area contributed by atoms with E-state index in [0.29, 0.717) is 19.7 Å². The molecule has 6 rings (SSSR count). The van der Waals surface area contributed by atoms with Crippen molar-refractivity contribution in [3.63, 3.8) is 0 Å². The summed E-state index contributed by atoms with van der Waals surface area (Å²) >= 11 is 0. The van der Waals surface area contributed by atoms with Crippen LogP contribution in [0.1, 0.15) is 30.9 Å². The van der Waals surface area contributed by atoms with Crippen molar-refractivity contribution < 1.29 is 14.6 Å². The van der Waals surface area contributed by atoms with Gasteiger partial charge in [0.1, 0.15) is 17.9 Å². The largest absolute Gasteiger partial charge is 0.491 e. The molecule has 1 spiro atoms. The Bertz CT molecular complexity index is 1290. The Kier molecular flexibility index (Phi) is 5.19. The van der Waals surface area contributed by atoms with Crippen LogP contribution < -0.4 is 15.0 Å². The number of β-amino-alcohol motifs (C(OH)–C–C–N with tert-alkyl or cyclic N) is 1. The van der Waals surface area contributed by atoms with Gasteiger partial charge >= 0.3 is 0 Å². The molecule has 0 atom stereocenters. The van der Waals surface area contributed by atoms with Crippen LogP contribution in [-0.4, -0.2) is 70.8 Å². The van der Waals surface area contributed by atoms with E-state index in [0.717, 1.165) is 66.2 Å². The van der Waals surface area contributed by atoms with Gasteiger partial charge in [-0.3, -0.25) is 9.69 Å². The number of aliphatic hydroxyl groups is 1. The van der Waals surface area contributed by atoms with Gasteiger partial charge in [-0.2, -0.15) is 0 Å². The van der Waals surface area contributed by atoms with Gasteiger partial charge in [0.05, 0.1) is 17.2 Å². The summed E-state index contributed by atoms with van der Waals surface area (Å²) < 4.78 is 6.04. The molecule has 5 heterocycles. The highest BCUT2D eigenvalue weighted by Gasteiger charge is 2.48. The number of nitrogens with one attached hydrogen (secondary N) is 1. The van der Waals surface area contributed by atoms with Crippen LogP contribution in [0.5, 0.6) is 5.75 Å². The number of pyridine rings is 2. The van der Waals surface area contributed by atoms with Crippen molar-refractivity contribution in [2.45, 2.75) is 37.7 Å². The first-order valence-corrected chi connectivity index (χ1v) is 12.3. The van der Waals surface area contributed by atoms with Crippen molar-refractivity contribution in [3.05, 3.63) is 53.9 Å². The zero-order chi connectivity index (χ0) is 24.2. The number of nitrogens with zero attached hydrogens (tertiary/aromatic N) is 4. The summed E-state index contributed by atoms with van der Waals surface area (Å²) in [4.78, 5) is 26.4. The number of carbonyl (C=O) groups is 1. The first-order valence-electron chi connectivity index (χ1n) is 12.3. The van der Waals surface area contributed by atoms with Crippen molar-refractivity contribution in [2.75, 3.05) is 49.5 Å². The minimum absolute atomic E-state index is 0.145. The summed E-state index contributed by atoms with van der Waals surface area (Å²) in [5.74, 6) is 1.68. The van der Waals surface area contributed by atoms with Gasteiger partial charge in [-0.05, 0) is 63.5 Å². The third-order valence-electron chi connectivity index (χ3n) is 7.68. The van der Waals surface area contributed by atoms with Gasteiger partial charge in [0.2, 0.25) is 5.91 Å². The fourth-order valence-corrected chi connectivity index (χ4v) is 5.74. The molecule has 3 aliphatic heterocycles. The number of fused-ring (bicyclic) bond motifs is 3. The van der Waals surface area contributed by atoms with Crippen LogP contribution in [0, 0.1) is 6.92 Å². The Hall–Kier alpha value is -3.23. The smallest absolute Gasteiger partial charge is 0.235 e. The average Bonchev–Trinajstić information content (AvgIpc) is 3.08. The van der Waals surface area contributed by atoms with E-state index in [9.17, 15) is 9.90 Å². The molecular weight excluding hydrogens is 442 g/mol. The maximum Gasteiger partial charge on any atom is 0.235 e. The van der Waals surface area contributed by atoms with Crippen LogP contribution in [-0.2, 0) is 10.2 Å². The highest BCUT2D eigenvalue weighted by atomic mass is 16.5. The highest BCUT2D eigenvalue weighted by Crippen LogP contribution is 2.45. The predicted molar refractivity (Wildman–Crippen MR) is 135 cm³/mol. The van der Waals surface area contributed by atoms with Crippen molar-refractivity contribution in [1.29, 1.82) is 0 Å². The van der Waals surface area contributed by atoms with Gasteiger partial charge in [-0.25, -0.2) is 9.97 Å². The lowest BCUT2D eigenvalue weighted by Crippen LogP contribution is -2.60. The molecule has 35 heavy (non-hydrogen) atoms. The molecule has 0 aliphatic carbocycles. The number of ether oxygens (including phenoxy) is 1. The number of piperidine rings is 1. The molecule has 2 fully saturated rings. The summed E-state index contributed by atoms with van der Waals surface area (Å²) in [6.45, 7) is 8.14. The first-order chi connectivity index (χ1) is 16.8. The van der Waals surface area contributed by atoms with E-state index in [1.54, 1.807) is 12.4 Å². The van der Waals surface area contributed by atoms with Gasteiger partial charge in [0.25, 0.3) is 0 Å². The molecule has 8 nitrogen and oxygen atoms in total. The van der Waals surface area contributed by atoms with Crippen molar-refractivity contribution in [3.8, 4) is 5.75 Å². The van der Waals surface area contributed by atoms with E-state index < -0.39 is 11.0 Å². The van der Waals surface area contributed by atoms with Crippen LogP contribution in [0.3, 0.4) is 0 Å². The molecular formula is C27H31N5O3. The van der Waals surface area contributed by atoms with Crippen LogP contribution >= 0.6 is 0 Å². The first kappa shape index (κ1) is 22.2. The van der Waals surface area contributed by atoms with E-state index >= 15 is 0 Å². The molecule has 0 saturated carbocycles. The van der Waals surface area contributed by atoms with Crippen LogP contribution in [0.25, 0.3) is 10.9 Å². The fourth-order valence-electron chi connectivity index (χ4n) is 5.74. The number of hydrogen-bond acceptors (Lipinski definition) is 7. The molecule has 8 heteroatoms. The van der Waals surface area contributed by atoms with E-state index in [1.165, 1.54) is 5.56 Å². The monoisotopic (exact) mass is 473 g/mol. The molecule has 1 aromatic carbocycles. The highest BCUT2D eigenvalue weighted by molar-refractivity contribution is 6.06. The minimum atomic E-state index is -0.662. The Morgan fingerprint density at radius 2 is 1.94 bits per heavy atom. The van der Waals surface area contributed by atoms with Gasteiger partial charge in [-0.1, -0.05) is 17.7 Å². The van der Waals surface area contributed by atoms with Crippen molar-refractivity contribution in [1.82, 2.24) is 14.9 Å². The van der Waals surface area contributed by atoms with E-state index in [-0.39, 0.29) is 5.91 Å². The normalized spacial score (nSPS) is 20.5. The molecule has 0 radical (unpaired) electrons. The second-order valence-electron chi connectivity index (χ2n) is 10.5. The number of hydrogen-bond donors (Lipinski definition) is 2. The maximum atomic E-state index is 12.9. The summed E-state index contributed by atoms with van der Waals surface area (Å²) in [5, 5.41) is 14.1. The molecule has 0 unspecified atom stereocenters. The lowest BCUT2D eigenvalue weighted by molar-refractivity contribution is -0.122. The van der Waals surface area contributed by atoms with Gasteiger partial charge in [-0.15, -0.1) is 0 Å². The molecule has 2 N–H and O–H groups in total. The molecule has 2 aromatic heterocycles. The molecule has 182 valence electrons. The number of amides is 1. The van der Waals surface area contributed by atoms with Gasteiger partial charge < -0.3 is 20.1 Å². The number of rotatable bonds is 5. The van der Waals surface area contributed by atoms with Crippen molar-refractivity contribution >= 4 is 28.3 Å². The lowest BCUT2D eigenvalue weighted by Gasteiger charge is -2.45. The quantitative estimate of drug-likeness (QED) is 0.589. The molecule has 2 saturated heterocycles. The van der Waals surface area contributed by atoms with E-state index in [2.05, 4.69) is 39.2 Å². The molecule has 3 aromatic rings. The predicted octanol–water partition coefficient (Wildman–Crippen LogP) is 2.87. The SMILES string of the molecule is Cc1ccc2c(c1)C1(CCN(CCOc3cnc4c(N5CC(C)(O)C5)nccc4c3)CC1)C(=O)N2. The van der Waals surface area contributed by atoms with Crippen molar-refractivity contribution in [2.24, 2.45) is 0 Å². The van der Waals surface area contributed by atoms with E-state index in [1.807, 2.05) is 30.0 Å². The number of aryl methyl sites for hydroxylation is 1. The maximum absolute atomic E-state index is 12.9. The topological polar surface area (TPSA) is 90.8 Å². The lowest BCUT2D eigenvalue weighted by atomic mass is 9.73. The van der Waals surface area contributed by atoms with Gasteiger partial charge in [0, 0.05) is 36.9 Å². The average molecular weight is 474 g/mol. The van der Waals surface area contributed by atoms with Crippen LogP contribution in [0.15, 0.2) is 42.7 Å². The van der Waals surface area contributed by atoms with Crippen LogP contribution in [0.4, 0.5) is 11.5 Å². The second-order valence-corrected chi connectivity index (χ2v) is 10.5.